The van der Waals surface area contributed by atoms with E-state index in [9.17, 15) is 9.59 Å². The molecule has 0 radical (unpaired) electrons. The zero-order valence-electron chi connectivity index (χ0n) is 17.1. The average Bonchev–Trinajstić information content (AvgIpc) is 3.55. The molecule has 160 valence electrons. The molecular weight excluding hydrogens is 438 g/mol. The molecular formula is C26H21NO3S2. The molecule has 2 heterocycles. The quantitative estimate of drug-likeness (QED) is 0.268. The standard InChI is InChI=1S/C26H21NO3S2/c28-24(27-25(19-9-3-1-4-10-19)20-11-5-2-6-12-20)18-30-26(29)22(23-14-8-16-32-23)17-21-13-7-15-31-21/h1-17,25H,18H2,(H,27,28). The predicted molar refractivity (Wildman–Crippen MR) is 130 cm³/mol. The molecule has 4 aromatic rings. The van der Waals surface area contributed by atoms with Crippen LogP contribution >= 0.6 is 22.7 Å². The maximum absolute atomic E-state index is 12.8. The number of carbonyl (C=O) groups excluding carboxylic acids is 2. The molecule has 0 aliphatic carbocycles. The maximum atomic E-state index is 12.8. The van der Waals surface area contributed by atoms with Gasteiger partial charge >= 0.3 is 5.97 Å². The van der Waals surface area contributed by atoms with E-state index < -0.39 is 5.97 Å². The van der Waals surface area contributed by atoms with Crippen LogP contribution in [-0.2, 0) is 14.3 Å². The summed E-state index contributed by atoms with van der Waals surface area (Å²) in [6, 6.07) is 26.7. The van der Waals surface area contributed by atoms with Gasteiger partial charge in [0, 0.05) is 9.75 Å². The molecule has 32 heavy (non-hydrogen) atoms. The summed E-state index contributed by atoms with van der Waals surface area (Å²) in [5, 5.41) is 6.85. The first kappa shape index (κ1) is 21.7. The minimum absolute atomic E-state index is 0.331. The highest BCUT2D eigenvalue weighted by molar-refractivity contribution is 7.12. The number of esters is 1. The van der Waals surface area contributed by atoms with Crippen molar-refractivity contribution in [3.8, 4) is 0 Å². The summed E-state index contributed by atoms with van der Waals surface area (Å²) in [6.07, 6.45) is 1.80. The molecule has 0 aliphatic heterocycles. The molecule has 0 fully saturated rings. The van der Waals surface area contributed by atoms with Gasteiger partial charge in [0.1, 0.15) is 0 Å². The molecule has 4 rings (SSSR count). The van der Waals surface area contributed by atoms with Crippen molar-refractivity contribution in [3.63, 3.8) is 0 Å². The SMILES string of the molecule is O=C(COC(=O)C(=Cc1cccs1)c1cccs1)NC(c1ccccc1)c1ccccc1. The number of nitrogens with one attached hydrogen (secondary N) is 1. The molecule has 6 heteroatoms. The zero-order chi connectivity index (χ0) is 22.2. The van der Waals surface area contributed by atoms with Crippen LogP contribution in [0, 0.1) is 0 Å². The van der Waals surface area contributed by atoms with E-state index in [4.69, 9.17) is 4.74 Å². The first-order valence-corrected chi connectivity index (χ1v) is 11.8. The van der Waals surface area contributed by atoms with Gasteiger partial charge in [0.15, 0.2) is 6.61 Å². The van der Waals surface area contributed by atoms with Crippen LogP contribution in [0.2, 0.25) is 0 Å². The number of carbonyl (C=O) groups is 2. The first-order chi connectivity index (χ1) is 15.7. The zero-order valence-corrected chi connectivity index (χ0v) is 18.8. The predicted octanol–water partition coefficient (Wildman–Crippen LogP) is 5.80. The van der Waals surface area contributed by atoms with E-state index in [1.54, 1.807) is 6.08 Å². The van der Waals surface area contributed by atoms with Gasteiger partial charge < -0.3 is 10.1 Å². The second-order valence-electron chi connectivity index (χ2n) is 6.95. The number of rotatable bonds is 8. The van der Waals surface area contributed by atoms with Gasteiger partial charge in [-0.05, 0) is 40.1 Å². The largest absolute Gasteiger partial charge is 0.452 e. The number of thiophene rings is 2. The Kier molecular flexibility index (Phi) is 7.27. The van der Waals surface area contributed by atoms with E-state index in [-0.39, 0.29) is 18.6 Å². The Hall–Kier alpha value is -3.48. The molecule has 2 aromatic carbocycles. The fourth-order valence-corrected chi connectivity index (χ4v) is 4.63. The van der Waals surface area contributed by atoms with E-state index in [1.807, 2.05) is 95.7 Å². The van der Waals surface area contributed by atoms with Crippen LogP contribution in [0.25, 0.3) is 11.6 Å². The van der Waals surface area contributed by atoms with Gasteiger partial charge in [-0.1, -0.05) is 72.8 Å². The van der Waals surface area contributed by atoms with Gasteiger partial charge in [-0.15, -0.1) is 22.7 Å². The molecule has 1 amide bonds. The highest BCUT2D eigenvalue weighted by Gasteiger charge is 2.20. The van der Waals surface area contributed by atoms with Gasteiger partial charge in [-0.25, -0.2) is 4.79 Å². The van der Waals surface area contributed by atoms with Crippen LogP contribution < -0.4 is 5.32 Å². The third kappa shape index (κ3) is 5.60. The third-order valence-corrected chi connectivity index (χ3v) is 6.46. The molecule has 4 nitrogen and oxygen atoms in total. The highest BCUT2D eigenvalue weighted by Crippen LogP contribution is 2.26. The molecule has 1 N–H and O–H groups in total. The van der Waals surface area contributed by atoms with Gasteiger partial charge in [-0.3, -0.25) is 4.79 Å². The summed E-state index contributed by atoms with van der Waals surface area (Å²) >= 11 is 2.99. The minimum Gasteiger partial charge on any atom is -0.452 e. The lowest BCUT2D eigenvalue weighted by Crippen LogP contribution is -2.33. The summed E-state index contributed by atoms with van der Waals surface area (Å²) in [7, 11) is 0. The Bertz CT molecular complexity index is 1130. The topological polar surface area (TPSA) is 55.4 Å². The Morgan fingerprint density at radius 3 is 2.00 bits per heavy atom. The lowest BCUT2D eigenvalue weighted by molar-refractivity contribution is -0.143. The van der Waals surface area contributed by atoms with Crippen molar-refractivity contribution in [1.29, 1.82) is 0 Å². The lowest BCUT2D eigenvalue weighted by atomic mass is 9.99. The normalized spacial score (nSPS) is 11.3. The van der Waals surface area contributed by atoms with Crippen LogP contribution in [-0.4, -0.2) is 18.5 Å². The van der Waals surface area contributed by atoms with Crippen LogP contribution in [0.1, 0.15) is 26.9 Å². The van der Waals surface area contributed by atoms with E-state index >= 15 is 0 Å². The third-order valence-electron chi connectivity index (χ3n) is 4.74. The summed E-state index contributed by atoms with van der Waals surface area (Å²) < 4.78 is 5.40. The smallest absolute Gasteiger partial charge is 0.340 e. The van der Waals surface area contributed by atoms with Crippen molar-refractivity contribution in [3.05, 3.63) is 117 Å². The first-order valence-electron chi connectivity index (χ1n) is 10.1. The van der Waals surface area contributed by atoms with Crippen molar-refractivity contribution in [2.24, 2.45) is 0 Å². The molecule has 0 atom stereocenters. The molecule has 0 aliphatic rings. The summed E-state index contributed by atoms with van der Waals surface area (Å²) in [4.78, 5) is 27.3. The van der Waals surface area contributed by atoms with Crippen molar-refractivity contribution in [1.82, 2.24) is 5.32 Å². The van der Waals surface area contributed by atoms with E-state index in [1.165, 1.54) is 22.7 Å². The molecule has 0 spiro atoms. The van der Waals surface area contributed by atoms with Crippen molar-refractivity contribution in [2.45, 2.75) is 6.04 Å². The Morgan fingerprint density at radius 2 is 1.44 bits per heavy atom. The second-order valence-corrected chi connectivity index (χ2v) is 8.88. The summed E-state index contributed by atoms with van der Waals surface area (Å²) in [5.41, 5.74) is 2.35. The monoisotopic (exact) mass is 459 g/mol. The van der Waals surface area contributed by atoms with E-state index in [0.29, 0.717) is 5.57 Å². The van der Waals surface area contributed by atoms with Crippen LogP contribution in [0.3, 0.4) is 0 Å². The Balaban J connectivity index is 1.46. The van der Waals surface area contributed by atoms with Crippen LogP contribution in [0.15, 0.2) is 95.7 Å². The number of ether oxygens (including phenoxy) is 1. The highest BCUT2D eigenvalue weighted by atomic mass is 32.1. The average molecular weight is 460 g/mol. The van der Waals surface area contributed by atoms with Crippen molar-refractivity contribution < 1.29 is 14.3 Å². The Labute approximate surface area is 194 Å². The van der Waals surface area contributed by atoms with Crippen molar-refractivity contribution >= 4 is 46.2 Å². The molecule has 0 bridgehead atoms. The molecule has 0 saturated carbocycles. The van der Waals surface area contributed by atoms with Gasteiger partial charge in [-0.2, -0.15) is 0 Å². The second kappa shape index (κ2) is 10.7. The molecule has 2 aromatic heterocycles. The molecule has 0 saturated heterocycles. The van der Waals surface area contributed by atoms with E-state index in [0.717, 1.165) is 20.9 Å². The minimum atomic E-state index is -0.521. The van der Waals surface area contributed by atoms with Gasteiger partial charge in [0.05, 0.1) is 11.6 Å². The summed E-state index contributed by atoms with van der Waals surface area (Å²) in [6.45, 7) is -0.359. The number of amides is 1. The lowest BCUT2D eigenvalue weighted by Gasteiger charge is -2.20. The number of benzene rings is 2. The molecule has 0 unspecified atom stereocenters. The Morgan fingerprint density at radius 1 is 0.812 bits per heavy atom. The number of hydrogen-bond donors (Lipinski definition) is 1. The van der Waals surface area contributed by atoms with E-state index in [2.05, 4.69) is 5.32 Å². The van der Waals surface area contributed by atoms with Gasteiger partial charge in [0.2, 0.25) is 0 Å². The van der Waals surface area contributed by atoms with Crippen LogP contribution in [0.4, 0.5) is 0 Å². The summed E-state index contributed by atoms with van der Waals surface area (Å²) in [5.74, 6) is -0.885. The van der Waals surface area contributed by atoms with Gasteiger partial charge in [0.25, 0.3) is 5.91 Å². The fourth-order valence-electron chi connectivity index (χ4n) is 3.24. The maximum Gasteiger partial charge on any atom is 0.340 e. The van der Waals surface area contributed by atoms with Crippen molar-refractivity contribution in [2.75, 3.05) is 6.61 Å². The number of hydrogen-bond acceptors (Lipinski definition) is 5. The fraction of sp³-hybridized carbons (Fsp3) is 0.0769. The van der Waals surface area contributed by atoms with Crippen LogP contribution in [0.5, 0.6) is 0 Å².